The predicted octanol–water partition coefficient (Wildman–Crippen LogP) is 2.31. The van der Waals surface area contributed by atoms with Crippen molar-refractivity contribution in [1.82, 2.24) is 0 Å². The molecule has 0 N–H and O–H groups in total. The maximum Gasteiger partial charge on any atom is -0.0239 e. The third kappa shape index (κ3) is 1.81. The van der Waals surface area contributed by atoms with Crippen molar-refractivity contribution < 1.29 is 0 Å². The molecule has 0 fully saturated rings. The molecule has 1 aromatic carbocycles. The van der Waals surface area contributed by atoms with Crippen molar-refractivity contribution in [3.63, 3.8) is 0 Å². The molecule has 1 unspecified atom stereocenters. The van der Waals surface area contributed by atoms with Crippen LogP contribution in [0.5, 0.6) is 0 Å². The highest BCUT2D eigenvalue weighted by Crippen LogP contribution is 2.07. The molecule has 0 aliphatic carbocycles. The first kappa shape index (κ1) is 8.74. The lowest BCUT2D eigenvalue weighted by Crippen LogP contribution is -2.06. The van der Waals surface area contributed by atoms with E-state index < -0.39 is 0 Å². The zero-order valence-corrected chi connectivity index (χ0v) is 8.38. The van der Waals surface area contributed by atoms with Crippen molar-refractivity contribution in [1.29, 1.82) is 0 Å². The minimum absolute atomic E-state index is 1.13. The Morgan fingerprint density at radius 2 is 1.55 bits per heavy atom. The van der Waals surface area contributed by atoms with E-state index in [9.17, 15) is 0 Å². The molecular formula is C10H15P. The van der Waals surface area contributed by atoms with Crippen LogP contribution in [0.15, 0.2) is 18.2 Å². The molecule has 0 radical (unpaired) electrons. The number of rotatable bonds is 2. The van der Waals surface area contributed by atoms with Crippen LogP contribution in [-0.4, -0.2) is 0 Å². The SMILES string of the molecule is CCc1cccc(CC)c1P. The van der Waals surface area contributed by atoms with Gasteiger partial charge in [0.25, 0.3) is 0 Å². The second-order valence-corrected chi connectivity index (χ2v) is 3.27. The minimum Gasteiger partial charge on any atom is -0.105 e. The fraction of sp³-hybridized carbons (Fsp3) is 0.400. The number of aryl methyl sites for hydroxylation is 2. The van der Waals surface area contributed by atoms with E-state index in [1.165, 1.54) is 16.4 Å². The highest BCUT2D eigenvalue weighted by Gasteiger charge is 1.98. The zero-order valence-electron chi connectivity index (χ0n) is 7.22. The van der Waals surface area contributed by atoms with Crippen LogP contribution >= 0.6 is 9.24 Å². The summed E-state index contributed by atoms with van der Waals surface area (Å²) in [5.41, 5.74) is 2.91. The summed E-state index contributed by atoms with van der Waals surface area (Å²) < 4.78 is 0. The van der Waals surface area contributed by atoms with Crippen LogP contribution in [0.2, 0.25) is 0 Å². The average molecular weight is 166 g/mol. The number of benzene rings is 1. The molecule has 0 aliphatic heterocycles. The Balaban J connectivity index is 3.10. The Labute approximate surface area is 71.2 Å². The third-order valence-electron chi connectivity index (χ3n) is 2.05. The Hall–Kier alpha value is -0.350. The molecule has 11 heavy (non-hydrogen) atoms. The first-order valence-corrected chi connectivity index (χ1v) is 4.73. The van der Waals surface area contributed by atoms with Crippen LogP contribution < -0.4 is 5.30 Å². The van der Waals surface area contributed by atoms with Crippen molar-refractivity contribution in [3.05, 3.63) is 29.3 Å². The van der Waals surface area contributed by atoms with Gasteiger partial charge in [0.1, 0.15) is 0 Å². The minimum atomic E-state index is 1.13. The van der Waals surface area contributed by atoms with E-state index in [1.807, 2.05) is 0 Å². The highest BCUT2D eigenvalue weighted by atomic mass is 31.0. The summed E-state index contributed by atoms with van der Waals surface area (Å²) in [5.74, 6) is 0. The Morgan fingerprint density at radius 3 is 1.91 bits per heavy atom. The molecule has 1 heteroatoms. The summed E-state index contributed by atoms with van der Waals surface area (Å²) in [4.78, 5) is 0. The lowest BCUT2D eigenvalue weighted by atomic mass is 10.1. The van der Waals surface area contributed by atoms with Gasteiger partial charge in [0.2, 0.25) is 0 Å². The summed E-state index contributed by atoms with van der Waals surface area (Å²) in [7, 11) is 2.83. The van der Waals surface area contributed by atoms with E-state index >= 15 is 0 Å². The van der Waals surface area contributed by atoms with E-state index in [-0.39, 0.29) is 0 Å². The van der Waals surface area contributed by atoms with Gasteiger partial charge in [0, 0.05) is 0 Å². The molecule has 0 aromatic heterocycles. The van der Waals surface area contributed by atoms with Crippen molar-refractivity contribution in [2.24, 2.45) is 0 Å². The van der Waals surface area contributed by atoms with Gasteiger partial charge in [0.05, 0.1) is 0 Å². The Bertz CT molecular complexity index is 218. The molecule has 0 amide bonds. The van der Waals surface area contributed by atoms with Gasteiger partial charge in [-0.1, -0.05) is 32.0 Å². The van der Waals surface area contributed by atoms with Gasteiger partial charge in [0.15, 0.2) is 0 Å². The number of hydrogen-bond acceptors (Lipinski definition) is 0. The first-order chi connectivity index (χ1) is 5.29. The molecule has 1 aromatic rings. The molecule has 0 aliphatic rings. The van der Waals surface area contributed by atoms with Gasteiger partial charge in [-0.25, -0.2) is 0 Å². The largest absolute Gasteiger partial charge is 0.105 e. The summed E-state index contributed by atoms with van der Waals surface area (Å²) in [6, 6.07) is 6.54. The van der Waals surface area contributed by atoms with E-state index in [0.29, 0.717) is 0 Å². The van der Waals surface area contributed by atoms with Crippen LogP contribution in [0, 0.1) is 0 Å². The molecule has 0 spiro atoms. The van der Waals surface area contributed by atoms with Crippen LogP contribution in [0.3, 0.4) is 0 Å². The van der Waals surface area contributed by atoms with Crippen LogP contribution in [0.1, 0.15) is 25.0 Å². The van der Waals surface area contributed by atoms with Crippen molar-refractivity contribution in [2.75, 3.05) is 0 Å². The topological polar surface area (TPSA) is 0 Å². The van der Waals surface area contributed by atoms with Gasteiger partial charge in [-0.3, -0.25) is 0 Å². The molecule has 60 valence electrons. The normalized spacial score (nSPS) is 10.1. The Kier molecular flexibility index (Phi) is 3.08. The molecule has 0 saturated heterocycles. The fourth-order valence-corrected chi connectivity index (χ4v) is 1.88. The summed E-state index contributed by atoms with van der Waals surface area (Å²) in [6.45, 7) is 4.39. The van der Waals surface area contributed by atoms with Crippen LogP contribution in [0.25, 0.3) is 0 Å². The highest BCUT2D eigenvalue weighted by molar-refractivity contribution is 7.27. The van der Waals surface area contributed by atoms with E-state index in [1.54, 1.807) is 0 Å². The molecule has 0 nitrogen and oxygen atoms in total. The Morgan fingerprint density at radius 1 is 1.09 bits per heavy atom. The average Bonchev–Trinajstić information content (AvgIpc) is 2.05. The number of hydrogen-bond donors (Lipinski definition) is 0. The lowest BCUT2D eigenvalue weighted by molar-refractivity contribution is 1.11. The first-order valence-electron chi connectivity index (χ1n) is 4.15. The van der Waals surface area contributed by atoms with Gasteiger partial charge in [-0.15, -0.1) is 9.24 Å². The maximum atomic E-state index is 2.83. The van der Waals surface area contributed by atoms with Crippen molar-refractivity contribution in [2.45, 2.75) is 26.7 Å². The zero-order chi connectivity index (χ0) is 8.27. The van der Waals surface area contributed by atoms with Crippen LogP contribution in [0.4, 0.5) is 0 Å². The monoisotopic (exact) mass is 166 g/mol. The quantitative estimate of drug-likeness (QED) is 0.591. The second-order valence-electron chi connectivity index (χ2n) is 2.70. The lowest BCUT2D eigenvalue weighted by Gasteiger charge is -2.06. The van der Waals surface area contributed by atoms with Gasteiger partial charge in [-0.05, 0) is 29.3 Å². The maximum absolute atomic E-state index is 2.83. The summed E-state index contributed by atoms with van der Waals surface area (Å²) >= 11 is 0. The molecule has 1 rings (SSSR count). The van der Waals surface area contributed by atoms with E-state index in [0.717, 1.165) is 12.8 Å². The van der Waals surface area contributed by atoms with Crippen molar-refractivity contribution in [3.8, 4) is 0 Å². The second kappa shape index (κ2) is 3.88. The van der Waals surface area contributed by atoms with E-state index in [4.69, 9.17) is 0 Å². The fourth-order valence-electron chi connectivity index (χ4n) is 1.28. The van der Waals surface area contributed by atoms with Gasteiger partial charge < -0.3 is 0 Å². The molecule has 0 saturated carbocycles. The molecular weight excluding hydrogens is 151 g/mol. The third-order valence-corrected chi connectivity index (χ3v) is 2.79. The molecule has 0 heterocycles. The smallest absolute Gasteiger partial charge is 0.0239 e. The van der Waals surface area contributed by atoms with Crippen molar-refractivity contribution >= 4 is 14.5 Å². The standard InChI is InChI=1S/C10H15P/c1-3-8-6-5-7-9(4-2)10(8)11/h5-7H,3-4,11H2,1-2H3. The van der Waals surface area contributed by atoms with E-state index in [2.05, 4.69) is 41.3 Å². The summed E-state index contributed by atoms with van der Waals surface area (Å²) in [5, 5.41) is 1.40. The predicted molar refractivity (Wildman–Crippen MR) is 54.5 cm³/mol. The summed E-state index contributed by atoms with van der Waals surface area (Å²) in [6.07, 6.45) is 2.26. The van der Waals surface area contributed by atoms with Gasteiger partial charge in [-0.2, -0.15) is 0 Å². The van der Waals surface area contributed by atoms with Gasteiger partial charge >= 0.3 is 0 Å². The molecule has 1 atom stereocenters. The van der Waals surface area contributed by atoms with Crippen LogP contribution in [-0.2, 0) is 12.8 Å². The molecule has 0 bridgehead atoms.